The molecule has 0 unspecified atom stereocenters. The number of hydrogen-bond acceptors (Lipinski definition) is 6. The van der Waals surface area contributed by atoms with Crippen molar-refractivity contribution in [1.82, 2.24) is 14.8 Å². The largest absolute Gasteiger partial charge is 0.496 e. The number of methoxy groups -OCH3 is 1. The van der Waals surface area contributed by atoms with Gasteiger partial charge in [-0.05, 0) is 44.9 Å². The molecule has 2 aromatic rings. The van der Waals surface area contributed by atoms with Gasteiger partial charge in [0.1, 0.15) is 16.3 Å². The summed E-state index contributed by atoms with van der Waals surface area (Å²) in [5.74, 6) is 0.410. The molecule has 10 heteroatoms. The third-order valence-electron chi connectivity index (χ3n) is 4.76. The molecule has 1 aromatic carbocycles. The summed E-state index contributed by atoms with van der Waals surface area (Å²) in [6.45, 7) is 3.78. The lowest BCUT2D eigenvalue weighted by Crippen LogP contribution is -2.46. The van der Waals surface area contributed by atoms with Crippen molar-refractivity contribution in [3.05, 3.63) is 40.2 Å². The number of aromatic nitrogens is 1. The van der Waals surface area contributed by atoms with Crippen LogP contribution in [0.1, 0.15) is 34.7 Å². The molecule has 1 amide bonds. The van der Waals surface area contributed by atoms with E-state index in [0.717, 1.165) is 0 Å². The van der Waals surface area contributed by atoms with Crippen molar-refractivity contribution >= 4 is 27.5 Å². The van der Waals surface area contributed by atoms with Crippen molar-refractivity contribution in [1.29, 1.82) is 0 Å². The summed E-state index contributed by atoms with van der Waals surface area (Å²) in [5.41, 5.74) is 0.696. The number of carbonyl (C=O) groups excluding carboxylic acids is 1. The highest BCUT2D eigenvalue weighted by molar-refractivity contribution is 7.89. The van der Waals surface area contributed by atoms with Gasteiger partial charge >= 0.3 is 0 Å². The van der Waals surface area contributed by atoms with Gasteiger partial charge in [-0.25, -0.2) is 8.42 Å². The van der Waals surface area contributed by atoms with Crippen LogP contribution in [0.25, 0.3) is 0 Å². The number of hydrogen-bond donors (Lipinski definition) is 1. The predicted molar refractivity (Wildman–Crippen MR) is 103 cm³/mol. The fourth-order valence-corrected chi connectivity index (χ4v) is 5.27. The molecule has 1 aliphatic rings. The van der Waals surface area contributed by atoms with Gasteiger partial charge in [-0.1, -0.05) is 16.8 Å². The first-order chi connectivity index (χ1) is 13.2. The summed E-state index contributed by atoms with van der Waals surface area (Å²) in [6, 6.07) is 4.69. The Labute approximate surface area is 168 Å². The van der Waals surface area contributed by atoms with E-state index < -0.39 is 10.0 Å². The average Bonchev–Trinajstić information content (AvgIpc) is 3.01. The predicted octanol–water partition coefficient (Wildman–Crippen LogP) is 2.54. The standard InChI is InChI=1S/C18H22ClN3O5S/c1-11-17(12(2)27-21-11)28(24,25)22-8-6-14(7-9-22)20-18(23)15-10-13(19)4-5-16(15)26-3/h4-5,10,14H,6-9H2,1-3H3,(H,20,23). The number of piperidine rings is 1. The first-order valence-corrected chi connectivity index (χ1v) is 10.6. The zero-order chi connectivity index (χ0) is 20.5. The van der Waals surface area contributed by atoms with Crippen molar-refractivity contribution in [3.8, 4) is 5.75 Å². The Morgan fingerprint density at radius 2 is 2.00 bits per heavy atom. The lowest BCUT2D eigenvalue weighted by Gasteiger charge is -2.31. The fraction of sp³-hybridized carbons (Fsp3) is 0.444. The number of ether oxygens (including phenoxy) is 1. The maximum Gasteiger partial charge on any atom is 0.255 e. The first kappa shape index (κ1) is 20.6. The van der Waals surface area contributed by atoms with Crippen LogP contribution in [-0.2, 0) is 10.0 Å². The van der Waals surface area contributed by atoms with Gasteiger partial charge in [0.2, 0.25) is 10.0 Å². The average molecular weight is 428 g/mol. The molecule has 1 fully saturated rings. The second-order valence-corrected chi connectivity index (χ2v) is 8.96. The van der Waals surface area contributed by atoms with Crippen molar-refractivity contribution in [2.24, 2.45) is 0 Å². The molecular formula is C18H22ClN3O5S. The number of nitrogens with one attached hydrogen (secondary N) is 1. The molecule has 0 aliphatic carbocycles. The Kier molecular flexibility index (Phi) is 5.97. The van der Waals surface area contributed by atoms with E-state index in [2.05, 4.69) is 10.5 Å². The number of carbonyl (C=O) groups is 1. The number of benzene rings is 1. The van der Waals surface area contributed by atoms with Crippen LogP contribution in [-0.4, -0.2) is 50.0 Å². The third kappa shape index (κ3) is 4.01. The van der Waals surface area contributed by atoms with Gasteiger partial charge in [0.15, 0.2) is 5.76 Å². The fourth-order valence-electron chi connectivity index (χ4n) is 3.33. The number of rotatable bonds is 5. The Morgan fingerprint density at radius 3 is 2.57 bits per heavy atom. The summed E-state index contributed by atoms with van der Waals surface area (Å²) >= 11 is 5.98. The number of amides is 1. The topological polar surface area (TPSA) is 102 Å². The van der Waals surface area contributed by atoms with Gasteiger partial charge < -0.3 is 14.6 Å². The van der Waals surface area contributed by atoms with E-state index in [9.17, 15) is 13.2 Å². The molecule has 0 radical (unpaired) electrons. The highest BCUT2D eigenvalue weighted by Gasteiger charge is 2.34. The second-order valence-electron chi connectivity index (χ2n) is 6.65. The zero-order valence-corrected chi connectivity index (χ0v) is 17.4. The SMILES string of the molecule is COc1ccc(Cl)cc1C(=O)NC1CCN(S(=O)(=O)c2c(C)noc2C)CC1. The maximum atomic E-state index is 12.9. The Hall–Kier alpha value is -2.10. The molecule has 0 spiro atoms. The molecule has 0 bridgehead atoms. The van der Waals surface area contributed by atoms with Crippen molar-refractivity contribution < 1.29 is 22.5 Å². The molecule has 152 valence electrons. The summed E-state index contributed by atoms with van der Waals surface area (Å²) in [4.78, 5) is 12.7. The molecule has 8 nitrogen and oxygen atoms in total. The van der Waals surface area contributed by atoms with Crippen LogP contribution in [0.3, 0.4) is 0 Å². The zero-order valence-electron chi connectivity index (χ0n) is 15.9. The van der Waals surface area contributed by atoms with Crippen LogP contribution in [0, 0.1) is 13.8 Å². The molecule has 1 N–H and O–H groups in total. The quantitative estimate of drug-likeness (QED) is 0.786. The van der Waals surface area contributed by atoms with E-state index in [1.165, 1.54) is 11.4 Å². The number of sulfonamides is 1. The van der Waals surface area contributed by atoms with Gasteiger partial charge in [-0.3, -0.25) is 4.79 Å². The maximum absolute atomic E-state index is 12.9. The third-order valence-corrected chi connectivity index (χ3v) is 7.14. The van der Waals surface area contributed by atoms with Gasteiger partial charge in [0.25, 0.3) is 5.91 Å². The van der Waals surface area contributed by atoms with Crippen LogP contribution in [0.4, 0.5) is 0 Å². The van der Waals surface area contributed by atoms with Crippen LogP contribution in [0.15, 0.2) is 27.6 Å². The summed E-state index contributed by atoms with van der Waals surface area (Å²) < 4.78 is 37.3. The Balaban J connectivity index is 1.66. The lowest BCUT2D eigenvalue weighted by atomic mass is 10.1. The smallest absolute Gasteiger partial charge is 0.255 e. The van der Waals surface area contributed by atoms with Crippen molar-refractivity contribution in [3.63, 3.8) is 0 Å². The van der Waals surface area contributed by atoms with E-state index >= 15 is 0 Å². The van der Waals surface area contributed by atoms with Crippen LogP contribution < -0.4 is 10.1 Å². The minimum absolute atomic E-state index is 0.124. The molecule has 2 heterocycles. The molecule has 28 heavy (non-hydrogen) atoms. The summed E-state index contributed by atoms with van der Waals surface area (Å²) in [6.07, 6.45) is 0.994. The molecule has 0 atom stereocenters. The van der Waals surface area contributed by atoms with E-state index in [4.69, 9.17) is 20.9 Å². The van der Waals surface area contributed by atoms with Gasteiger partial charge in [0, 0.05) is 24.2 Å². The highest BCUT2D eigenvalue weighted by Crippen LogP contribution is 2.27. The first-order valence-electron chi connectivity index (χ1n) is 8.81. The van der Waals surface area contributed by atoms with Crippen LogP contribution >= 0.6 is 11.6 Å². The highest BCUT2D eigenvalue weighted by atomic mass is 35.5. The van der Waals surface area contributed by atoms with E-state index in [-0.39, 0.29) is 22.6 Å². The minimum Gasteiger partial charge on any atom is -0.496 e. The number of nitrogens with zero attached hydrogens (tertiary/aromatic N) is 2. The van der Waals surface area contributed by atoms with E-state index in [1.54, 1.807) is 32.0 Å². The molecule has 3 rings (SSSR count). The normalized spacial score (nSPS) is 16.1. The van der Waals surface area contributed by atoms with Gasteiger partial charge in [-0.15, -0.1) is 0 Å². The van der Waals surface area contributed by atoms with Crippen molar-refractivity contribution in [2.45, 2.75) is 37.6 Å². The summed E-state index contributed by atoms with van der Waals surface area (Å²) in [5, 5.41) is 7.10. The summed E-state index contributed by atoms with van der Waals surface area (Å²) in [7, 11) is -2.19. The molecular weight excluding hydrogens is 406 g/mol. The second kappa shape index (κ2) is 8.10. The van der Waals surface area contributed by atoms with Crippen LogP contribution in [0.5, 0.6) is 5.75 Å². The Morgan fingerprint density at radius 1 is 1.32 bits per heavy atom. The minimum atomic E-state index is -3.67. The van der Waals surface area contributed by atoms with Crippen molar-refractivity contribution in [2.75, 3.05) is 20.2 Å². The number of aryl methyl sites for hydroxylation is 2. The lowest BCUT2D eigenvalue weighted by molar-refractivity contribution is 0.0921. The number of halogens is 1. The van der Waals surface area contributed by atoms with Crippen LogP contribution in [0.2, 0.25) is 5.02 Å². The molecule has 0 saturated carbocycles. The van der Waals surface area contributed by atoms with E-state index in [1.807, 2.05) is 0 Å². The van der Waals surface area contributed by atoms with E-state index in [0.29, 0.717) is 48.0 Å². The molecule has 1 aromatic heterocycles. The monoisotopic (exact) mass is 427 g/mol. The molecule has 1 aliphatic heterocycles. The van der Waals surface area contributed by atoms with Gasteiger partial charge in [0.05, 0.1) is 12.7 Å². The molecule has 1 saturated heterocycles. The Bertz CT molecular complexity index is 962. The van der Waals surface area contributed by atoms with Gasteiger partial charge in [-0.2, -0.15) is 4.31 Å².